The van der Waals surface area contributed by atoms with Crippen LogP contribution in [0.15, 0.2) is 29.4 Å². The molecule has 0 bridgehead atoms. The lowest BCUT2D eigenvalue weighted by Crippen LogP contribution is -2.43. The minimum Gasteiger partial charge on any atom is -0.466 e. The number of allylic oxidation sites excluding steroid dienone is 1. The van der Waals surface area contributed by atoms with Gasteiger partial charge in [0.1, 0.15) is 5.82 Å². The number of ether oxygens (including phenoxy) is 1. The van der Waals surface area contributed by atoms with E-state index in [1.807, 2.05) is 6.08 Å². The second-order valence-corrected chi connectivity index (χ2v) is 5.30. The number of carbonyl (C=O) groups excluding carboxylic acids is 1. The van der Waals surface area contributed by atoms with Gasteiger partial charge in [0.25, 0.3) is 5.60 Å². The van der Waals surface area contributed by atoms with E-state index in [0.29, 0.717) is 17.7 Å². The molecule has 2 N–H and O–H groups in total. The number of rotatable bonds is 2. The maximum Gasteiger partial charge on any atom is 0.358 e. The third kappa shape index (κ3) is 1.90. The van der Waals surface area contributed by atoms with Crippen LogP contribution in [-0.2, 0) is 14.4 Å². The van der Waals surface area contributed by atoms with E-state index in [1.165, 1.54) is 13.2 Å². The summed E-state index contributed by atoms with van der Waals surface area (Å²) in [5.74, 6) is -1.51. The summed E-state index contributed by atoms with van der Waals surface area (Å²) in [5.41, 5.74) is 5.18. The fourth-order valence-electron chi connectivity index (χ4n) is 2.67. The molecule has 0 saturated carbocycles. The summed E-state index contributed by atoms with van der Waals surface area (Å²) in [6.45, 7) is 0. The number of hydrogen-bond donors (Lipinski definition) is 1. The molecule has 21 heavy (non-hydrogen) atoms. The molecule has 0 radical (unpaired) electrons. The van der Waals surface area contributed by atoms with Gasteiger partial charge in [-0.1, -0.05) is 22.8 Å². The van der Waals surface area contributed by atoms with Crippen LogP contribution in [0.4, 0.5) is 10.1 Å². The maximum atomic E-state index is 13.4. The van der Waals surface area contributed by atoms with E-state index in [4.69, 9.17) is 26.9 Å². The van der Waals surface area contributed by atoms with Crippen LogP contribution in [0.2, 0.25) is 5.02 Å². The fraction of sp³-hybridized carbons (Fsp3) is 0.286. The molecule has 2 aliphatic rings. The molecule has 1 heterocycles. The Labute approximate surface area is 125 Å². The van der Waals surface area contributed by atoms with Crippen LogP contribution in [0.1, 0.15) is 12.0 Å². The Morgan fingerprint density at radius 3 is 3.10 bits per heavy atom. The standard InChI is InChI=1S/C14H12ClFN2O3/c1-20-13(19)14-4-2-3-8(14)12(18-21-14)7-5-11(17)10(16)6-9(7)15/h2,4-6,8H,3,17H2,1H3. The average Bonchev–Trinajstić information content (AvgIpc) is 3.01. The largest absolute Gasteiger partial charge is 0.466 e. The lowest BCUT2D eigenvalue weighted by atomic mass is 9.84. The number of methoxy groups -OCH3 is 1. The summed E-state index contributed by atoms with van der Waals surface area (Å²) in [6, 6.07) is 2.51. The van der Waals surface area contributed by atoms with Crippen molar-refractivity contribution in [3.8, 4) is 0 Å². The molecule has 1 aliphatic carbocycles. The fourth-order valence-corrected chi connectivity index (χ4v) is 2.92. The number of halogens is 2. The van der Waals surface area contributed by atoms with Crippen LogP contribution in [0.5, 0.6) is 0 Å². The van der Waals surface area contributed by atoms with E-state index in [0.717, 1.165) is 6.07 Å². The van der Waals surface area contributed by atoms with Crippen LogP contribution in [0.3, 0.4) is 0 Å². The Kier molecular flexibility index (Phi) is 3.13. The molecule has 0 fully saturated rings. The predicted octanol–water partition coefficient (Wildman–Crippen LogP) is 2.28. The average molecular weight is 311 g/mol. The van der Waals surface area contributed by atoms with Crippen molar-refractivity contribution in [1.29, 1.82) is 0 Å². The predicted molar refractivity (Wildman–Crippen MR) is 75.4 cm³/mol. The summed E-state index contributed by atoms with van der Waals surface area (Å²) >= 11 is 6.06. The van der Waals surface area contributed by atoms with Gasteiger partial charge in [0.05, 0.1) is 29.4 Å². The molecule has 110 valence electrons. The third-order valence-electron chi connectivity index (χ3n) is 3.75. The third-order valence-corrected chi connectivity index (χ3v) is 4.06. The number of nitrogens with zero attached hydrogens (tertiary/aromatic N) is 1. The van der Waals surface area contributed by atoms with E-state index < -0.39 is 17.4 Å². The number of benzene rings is 1. The highest BCUT2D eigenvalue weighted by Crippen LogP contribution is 2.43. The SMILES string of the molecule is COC(=O)C12C=CCC1C(c1cc(N)c(F)cc1Cl)=NO2. The van der Waals surface area contributed by atoms with Crippen molar-refractivity contribution in [2.24, 2.45) is 11.1 Å². The van der Waals surface area contributed by atoms with Gasteiger partial charge in [-0.2, -0.15) is 0 Å². The monoisotopic (exact) mass is 310 g/mol. The van der Waals surface area contributed by atoms with Gasteiger partial charge in [0, 0.05) is 5.56 Å². The number of nitrogen functional groups attached to an aromatic ring is 1. The quantitative estimate of drug-likeness (QED) is 0.516. The molecule has 1 aliphatic heterocycles. The van der Waals surface area contributed by atoms with Crippen LogP contribution in [-0.4, -0.2) is 24.4 Å². The molecule has 5 nitrogen and oxygen atoms in total. The highest BCUT2D eigenvalue weighted by Gasteiger charge is 2.56. The van der Waals surface area contributed by atoms with E-state index in [1.54, 1.807) is 6.08 Å². The molecule has 2 unspecified atom stereocenters. The minimum absolute atomic E-state index is 0.0429. The summed E-state index contributed by atoms with van der Waals surface area (Å²) in [7, 11) is 1.28. The van der Waals surface area contributed by atoms with E-state index in [2.05, 4.69) is 5.16 Å². The Morgan fingerprint density at radius 1 is 1.62 bits per heavy atom. The number of nitrogens with two attached hydrogens (primary N) is 1. The van der Waals surface area contributed by atoms with Crippen LogP contribution >= 0.6 is 11.6 Å². The van der Waals surface area contributed by atoms with Gasteiger partial charge in [0.2, 0.25) is 0 Å². The van der Waals surface area contributed by atoms with Gasteiger partial charge in [-0.05, 0) is 24.6 Å². The molecule has 2 atom stereocenters. The maximum absolute atomic E-state index is 13.4. The Bertz CT molecular complexity index is 689. The van der Waals surface area contributed by atoms with Crippen molar-refractivity contribution >= 4 is 29.0 Å². The van der Waals surface area contributed by atoms with Gasteiger partial charge in [-0.15, -0.1) is 0 Å². The van der Waals surface area contributed by atoms with Crippen molar-refractivity contribution in [2.45, 2.75) is 12.0 Å². The molecule has 3 rings (SSSR count). The smallest absolute Gasteiger partial charge is 0.358 e. The molecule has 1 aromatic carbocycles. The highest BCUT2D eigenvalue weighted by molar-refractivity contribution is 6.34. The molecule has 1 aromatic rings. The van der Waals surface area contributed by atoms with E-state index >= 15 is 0 Å². The molecule has 7 heteroatoms. The van der Waals surface area contributed by atoms with Gasteiger partial charge in [0.15, 0.2) is 0 Å². The van der Waals surface area contributed by atoms with Gasteiger partial charge >= 0.3 is 5.97 Å². The van der Waals surface area contributed by atoms with Crippen molar-refractivity contribution in [2.75, 3.05) is 12.8 Å². The zero-order valence-corrected chi connectivity index (χ0v) is 11.9. The first kappa shape index (κ1) is 13.9. The number of oxime groups is 1. The first-order valence-corrected chi connectivity index (χ1v) is 6.64. The second kappa shape index (κ2) is 4.73. The van der Waals surface area contributed by atoms with E-state index in [9.17, 15) is 9.18 Å². The van der Waals surface area contributed by atoms with Crippen LogP contribution in [0, 0.1) is 11.7 Å². The topological polar surface area (TPSA) is 73.9 Å². The van der Waals surface area contributed by atoms with Crippen molar-refractivity contribution in [1.82, 2.24) is 0 Å². The second-order valence-electron chi connectivity index (χ2n) is 4.90. The zero-order chi connectivity index (χ0) is 15.2. The Morgan fingerprint density at radius 2 is 2.38 bits per heavy atom. The number of carbonyl (C=O) groups is 1. The number of fused-ring (bicyclic) bond motifs is 1. The molecule has 0 saturated heterocycles. The normalized spacial score (nSPS) is 26.2. The van der Waals surface area contributed by atoms with Crippen molar-refractivity contribution < 1.29 is 18.8 Å². The van der Waals surface area contributed by atoms with Crippen molar-refractivity contribution in [3.05, 3.63) is 40.7 Å². The first-order valence-electron chi connectivity index (χ1n) is 6.26. The molecule has 0 spiro atoms. The molecular formula is C14H12ClFN2O3. The summed E-state index contributed by atoms with van der Waals surface area (Å²) in [6.07, 6.45) is 3.99. The first-order chi connectivity index (χ1) is 9.99. The molecule has 0 aromatic heterocycles. The minimum atomic E-state index is -1.27. The van der Waals surface area contributed by atoms with Crippen LogP contribution < -0.4 is 5.73 Å². The summed E-state index contributed by atoms with van der Waals surface area (Å²) < 4.78 is 18.2. The molecule has 0 amide bonds. The molecular weight excluding hydrogens is 299 g/mol. The summed E-state index contributed by atoms with van der Waals surface area (Å²) in [4.78, 5) is 17.4. The highest BCUT2D eigenvalue weighted by atomic mass is 35.5. The lowest BCUT2D eigenvalue weighted by Gasteiger charge is -2.22. The lowest BCUT2D eigenvalue weighted by molar-refractivity contribution is -0.162. The van der Waals surface area contributed by atoms with Crippen molar-refractivity contribution in [3.63, 3.8) is 0 Å². The van der Waals surface area contributed by atoms with Gasteiger partial charge in [-0.25, -0.2) is 9.18 Å². The van der Waals surface area contributed by atoms with Gasteiger partial charge < -0.3 is 15.3 Å². The van der Waals surface area contributed by atoms with Crippen LogP contribution in [0.25, 0.3) is 0 Å². The summed E-state index contributed by atoms with van der Waals surface area (Å²) in [5, 5.41) is 4.13. The zero-order valence-electron chi connectivity index (χ0n) is 11.1. The Balaban J connectivity index is 2.03. The Hall–Kier alpha value is -2.08. The number of anilines is 1. The van der Waals surface area contributed by atoms with Gasteiger partial charge in [-0.3, -0.25) is 0 Å². The van der Waals surface area contributed by atoms with E-state index in [-0.39, 0.29) is 16.6 Å². The number of hydrogen-bond acceptors (Lipinski definition) is 5. The number of esters is 1.